The lowest BCUT2D eigenvalue weighted by Gasteiger charge is -2.04. The van der Waals surface area contributed by atoms with Crippen molar-refractivity contribution in [3.8, 4) is 0 Å². The third kappa shape index (κ3) is 2.09. The van der Waals surface area contributed by atoms with E-state index in [1.165, 1.54) is 48.9 Å². The highest BCUT2D eigenvalue weighted by atomic mass is 14.9. The predicted octanol–water partition coefficient (Wildman–Crippen LogP) is 3.39. The van der Waals surface area contributed by atoms with E-state index in [0.29, 0.717) is 0 Å². The van der Waals surface area contributed by atoms with Crippen molar-refractivity contribution >= 4 is 5.69 Å². The van der Waals surface area contributed by atoms with E-state index in [1.807, 2.05) is 0 Å². The highest BCUT2D eigenvalue weighted by Gasteiger charge is 2.09. The fourth-order valence-corrected chi connectivity index (χ4v) is 2.07. The number of aryl methyl sites for hydroxylation is 1. The largest absolute Gasteiger partial charge is 0.384 e. The number of benzene rings is 1. The van der Waals surface area contributed by atoms with Crippen molar-refractivity contribution in [2.45, 2.75) is 39.0 Å². The summed E-state index contributed by atoms with van der Waals surface area (Å²) in [6.45, 7) is 3.37. The average molecular weight is 189 g/mol. The average Bonchev–Trinajstić information content (AvgIpc) is 2.65. The van der Waals surface area contributed by atoms with Crippen LogP contribution in [0.4, 0.5) is 5.69 Å². The molecule has 2 rings (SSSR count). The van der Waals surface area contributed by atoms with Gasteiger partial charge >= 0.3 is 0 Å². The normalized spacial score (nSPS) is 13.8. The van der Waals surface area contributed by atoms with Crippen LogP contribution in [-0.4, -0.2) is 6.54 Å². The van der Waals surface area contributed by atoms with E-state index >= 15 is 0 Å². The number of unbranched alkanes of at least 4 members (excludes halogenated alkanes) is 2. The maximum Gasteiger partial charge on any atom is 0.0376 e. The number of nitrogens with one attached hydrogen (secondary N) is 1. The Bertz CT molecular complexity index is 304. The molecule has 0 saturated heterocycles. The zero-order chi connectivity index (χ0) is 9.80. The number of rotatable bonds is 4. The van der Waals surface area contributed by atoms with Crippen LogP contribution < -0.4 is 5.32 Å². The van der Waals surface area contributed by atoms with Gasteiger partial charge in [0.25, 0.3) is 0 Å². The molecule has 0 spiro atoms. The van der Waals surface area contributed by atoms with Crippen LogP contribution in [0.1, 0.15) is 37.3 Å². The smallest absolute Gasteiger partial charge is 0.0376 e. The monoisotopic (exact) mass is 189 g/mol. The molecule has 0 aromatic heterocycles. The van der Waals surface area contributed by atoms with Gasteiger partial charge in [0.1, 0.15) is 0 Å². The summed E-state index contributed by atoms with van der Waals surface area (Å²) in [5.41, 5.74) is 4.36. The molecule has 0 fully saturated rings. The Hall–Kier alpha value is -0.980. The van der Waals surface area contributed by atoms with Crippen LogP contribution in [0.15, 0.2) is 18.2 Å². The van der Waals surface area contributed by atoms with Crippen LogP contribution >= 0.6 is 0 Å². The Morgan fingerprint density at radius 2 is 2.21 bits per heavy atom. The van der Waals surface area contributed by atoms with Gasteiger partial charge in [-0.2, -0.15) is 0 Å². The third-order valence-electron chi connectivity index (χ3n) is 2.95. The lowest BCUT2D eigenvalue weighted by atomic mass is 10.0. The summed E-state index contributed by atoms with van der Waals surface area (Å²) >= 11 is 0. The lowest BCUT2D eigenvalue weighted by molar-refractivity contribution is 0.717. The van der Waals surface area contributed by atoms with Crippen LogP contribution in [0.25, 0.3) is 0 Å². The summed E-state index contributed by atoms with van der Waals surface area (Å²) in [5, 5.41) is 3.43. The predicted molar refractivity (Wildman–Crippen MR) is 61.9 cm³/mol. The second-order valence-electron chi connectivity index (χ2n) is 4.13. The summed E-state index contributed by atoms with van der Waals surface area (Å²) in [6.07, 6.45) is 6.43. The fourth-order valence-electron chi connectivity index (χ4n) is 2.07. The lowest BCUT2D eigenvalue weighted by Crippen LogP contribution is -1.92. The van der Waals surface area contributed by atoms with Crippen LogP contribution in [0.5, 0.6) is 0 Å². The van der Waals surface area contributed by atoms with Gasteiger partial charge in [0.15, 0.2) is 0 Å². The Kier molecular flexibility index (Phi) is 3.07. The first kappa shape index (κ1) is 9.57. The molecule has 1 aliphatic rings. The van der Waals surface area contributed by atoms with Crippen LogP contribution in [-0.2, 0) is 12.8 Å². The molecular weight excluding hydrogens is 170 g/mol. The van der Waals surface area contributed by atoms with Gasteiger partial charge in [-0.15, -0.1) is 0 Å². The van der Waals surface area contributed by atoms with E-state index in [1.54, 1.807) is 0 Å². The highest BCUT2D eigenvalue weighted by Crippen LogP contribution is 2.23. The number of hydrogen-bond donors (Lipinski definition) is 1. The molecule has 1 aromatic rings. The maximum absolute atomic E-state index is 3.43. The van der Waals surface area contributed by atoms with Gasteiger partial charge in [-0.1, -0.05) is 31.9 Å². The standard InChI is InChI=1S/C13H19N/c1-2-3-4-5-11-6-7-12-8-9-14-13(12)10-11/h6-7,10,14H,2-5,8-9H2,1H3. The number of fused-ring (bicyclic) bond motifs is 1. The molecule has 1 aromatic carbocycles. The van der Waals surface area contributed by atoms with E-state index in [4.69, 9.17) is 0 Å². The Balaban J connectivity index is 1.98. The van der Waals surface area contributed by atoms with E-state index in [0.717, 1.165) is 6.54 Å². The van der Waals surface area contributed by atoms with Crippen LogP contribution in [0.2, 0.25) is 0 Å². The summed E-state index contributed by atoms with van der Waals surface area (Å²) < 4.78 is 0. The number of anilines is 1. The Morgan fingerprint density at radius 1 is 1.29 bits per heavy atom. The quantitative estimate of drug-likeness (QED) is 0.716. The molecule has 0 amide bonds. The molecule has 0 aliphatic carbocycles. The summed E-state index contributed by atoms with van der Waals surface area (Å²) in [5.74, 6) is 0. The van der Waals surface area contributed by atoms with Gasteiger partial charge in [0.05, 0.1) is 0 Å². The maximum atomic E-state index is 3.43. The van der Waals surface area contributed by atoms with E-state index in [-0.39, 0.29) is 0 Å². The van der Waals surface area contributed by atoms with Crippen molar-refractivity contribution in [3.05, 3.63) is 29.3 Å². The molecule has 1 heteroatoms. The first-order valence-electron chi connectivity index (χ1n) is 5.76. The minimum absolute atomic E-state index is 1.12. The van der Waals surface area contributed by atoms with E-state index in [2.05, 4.69) is 30.4 Å². The van der Waals surface area contributed by atoms with Crippen molar-refractivity contribution in [2.24, 2.45) is 0 Å². The molecule has 1 heterocycles. The molecule has 14 heavy (non-hydrogen) atoms. The van der Waals surface area contributed by atoms with Crippen LogP contribution in [0.3, 0.4) is 0 Å². The second kappa shape index (κ2) is 4.50. The zero-order valence-electron chi connectivity index (χ0n) is 8.97. The molecular formula is C13H19N. The third-order valence-corrected chi connectivity index (χ3v) is 2.95. The summed E-state index contributed by atoms with van der Waals surface area (Å²) in [6, 6.07) is 6.91. The van der Waals surface area contributed by atoms with Crippen molar-refractivity contribution < 1.29 is 0 Å². The van der Waals surface area contributed by atoms with Crippen molar-refractivity contribution in [2.75, 3.05) is 11.9 Å². The van der Waals surface area contributed by atoms with Crippen molar-refractivity contribution in [1.29, 1.82) is 0 Å². The molecule has 0 bridgehead atoms. The summed E-state index contributed by atoms with van der Waals surface area (Å²) in [7, 11) is 0. The minimum Gasteiger partial charge on any atom is -0.384 e. The zero-order valence-corrected chi connectivity index (χ0v) is 8.97. The van der Waals surface area contributed by atoms with Gasteiger partial charge in [-0.05, 0) is 36.5 Å². The molecule has 0 radical (unpaired) electrons. The second-order valence-corrected chi connectivity index (χ2v) is 4.13. The SMILES string of the molecule is CCCCCc1ccc2c(c1)NCC2. The van der Waals surface area contributed by atoms with Gasteiger partial charge in [0, 0.05) is 12.2 Å². The number of hydrogen-bond acceptors (Lipinski definition) is 1. The van der Waals surface area contributed by atoms with Gasteiger partial charge in [-0.3, -0.25) is 0 Å². The topological polar surface area (TPSA) is 12.0 Å². The molecule has 1 N–H and O–H groups in total. The highest BCUT2D eigenvalue weighted by molar-refractivity contribution is 5.57. The van der Waals surface area contributed by atoms with Gasteiger partial charge < -0.3 is 5.32 Å². The van der Waals surface area contributed by atoms with Crippen molar-refractivity contribution in [3.63, 3.8) is 0 Å². The van der Waals surface area contributed by atoms with Crippen molar-refractivity contribution in [1.82, 2.24) is 0 Å². The molecule has 1 nitrogen and oxygen atoms in total. The molecule has 1 aliphatic heterocycles. The Labute approximate surface area is 86.5 Å². The fraction of sp³-hybridized carbons (Fsp3) is 0.538. The van der Waals surface area contributed by atoms with E-state index < -0.39 is 0 Å². The Morgan fingerprint density at radius 3 is 3.07 bits per heavy atom. The van der Waals surface area contributed by atoms with E-state index in [9.17, 15) is 0 Å². The summed E-state index contributed by atoms with van der Waals surface area (Å²) in [4.78, 5) is 0. The minimum atomic E-state index is 1.12. The van der Waals surface area contributed by atoms with Gasteiger partial charge in [-0.25, -0.2) is 0 Å². The van der Waals surface area contributed by atoms with Gasteiger partial charge in [0.2, 0.25) is 0 Å². The molecule has 0 atom stereocenters. The first-order chi connectivity index (χ1) is 6.90. The molecule has 0 unspecified atom stereocenters. The first-order valence-corrected chi connectivity index (χ1v) is 5.76. The molecule has 0 saturated carbocycles. The molecule has 76 valence electrons. The van der Waals surface area contributed by atoms with Crippen LogP contribution in [0, 0.1) is 0 Å².